The first kappa shape index (κ1) is 16.7. The van der Waals surface area contributed by atoms with Crippen LogP contribution >= 0.6 is 23.1 Å². The van der Waals surface area contributed by atoms with Gasteiger partial charge in [0.25, 0.3) is 0 Å². The maximum atomic E-state index is 10.4. The summed E-state index contributed by atoms with van der Waals surface area (Å²) in [5.74, 6) is 1.69. The predicted molar refractivity (Wildman–Crippen MR) is 96.1 cm³/mol. The summed E-state index contributed by atoms with van der Waals surface area (Å²) in [5.41, 5.74) is 6.70. The van der Waals surface area contributed by atoms with Crippen molar-refractivity contribution < 1.29 is 14.9 Å². The van der Waals surface area contributed by atoms with E-state index in [9.17, 15) is 10.2 Å². The molecule has 8 nitrogen and oxygen atoms in total. The van der Waals surface area contributed by atoms with Gasteiger partial charge in [0.15, 0.2) is 17.7 Å². The fraction of sp³-hybridized carbons (Fsp3) is 0.400. The van der Waals surface area contributed by atoms with E-state index in [0.29, 0.717) is 16.9 Å². The SMILES string of the molecule is Nc1ncnc2c1ncn2[C@@H]1O[C@H](CSCc2cccs2)[C@@H](O)[C@H]1O. The van der Waals surface area contributed by atoms with Gasteiger partial charge in [-0.2, -0.15) is 11.8 Å². The standard InChI is InChI=1S/C15H17N5O3S2/c16-13-10-14(18-6-17-13)20(7-19-10)15-12(22)11(21)9(23-15)5-24-4-8-2-1-3-25-8/h1-3,6-7,9,11-12,15,21-22H,4-5H2,(H2,16,17,18)/t9-,11-,12-,15-/m1/s1. The van der Waals surface area contributed by atoms with E-state index in [-0.39, 0.29) is 5.82 Å². The van der Waals surface area contributed by atoms with Gasteiger partial charge in [0, 0.05) is 16.4 Å². The van der Waals surface area contributed by atoms with Crippen LogP contribution in [0.2, 0.25) is 0 Å². The lowest BCUT2D eigenvalue weighted by Crippen LogP contribution is -2.32. The van der Waals surface area contributed by atoms with Crippen molar-refractivity contribution in [3.05, 3.63) is 35.0 Å². The number of rotatable bonds is 5. The van der Waals surface area contributed by atoms with Crippen molar-refractivity contribution in [2.75, 3.05) is 11.5 Å². The Morgan fingerprint density at radius 2 is 2.16 bits per heavy atom. The highest BCUT2D eigenvalue weighted by Gasteiger charge is 2.44. The van der Waals surface area contributed by atoms with Crippen LogP contribution in [0.4, 0.5) is 5.82 Å². The van der Waals surface area contributed by atoms with Crippen molar-refractivity contribution in [2.45, 2.75) is 30.3 Å². The molecule has 132 valence electrons. The molecule has 0 aliphatic carbocycles. The smallest absolute Gasteiger partial charge is 0.167 e. The van der Waals surface area contributed by atoms with Crippen molar-refractivity contribution in [2.24, 2.45) is 0 Å². The van der Waals surface area contributed by atoms with Gasteiger partial charge in [-0.05, 0) is 11.4 Å². The third-order valence-corrected chi connectivity index (χ3v) is 6.24. The van der Waals surface area contributed by atoms with Gasteiger partial charge in [-0.15, -0.1) is 11.3 Å². The molecule has 0 spiro atoms. The van der Waals surface area contributed by atoms with Crippen LogP contribution in [0.1, 0.15) is 11.1 Å². The Morgan fingerprint density at radius 3 is 2.96 bits per heavy atom. The Hall–Kier alpha value is -1.72. The quantitative estimate of drug-likeness (QED) is 0.601. The molecule has 1 saturated heterocycles. The maximum Gasteiger partial charge on any atom is 0.167 e. The summed E-state index contributed by atoms with van der Waals surface area (Å²) < 4.78 is 7.49. The van der Waals surface area contributed by atoms with Gasteiger partial charge < -0.3 is 20.7 Å². The second-order valence-corrected chi connectivity index (χ2v) is 7.79. The van der Waals surface area contributed by atoms with E-state index in [1.165, 1.54) is 17.5 Å². The lowest BCUT2D eigenvalue weighted by atomic mass is 10.1. The summed E-state index contributed by atoms with van der Waals surface area (Å²) >= 11 is 3.36. The van der Waals surface area contributed by atoms with Gasteiger partial charge >= 0.3 is 0 Å². The Labute approximate surface area is 151 Å². The molecule has 3 aromatic rings. The van der Waals surface area contributed by atoms with Gasteiger partial charge in [0.2, 0.25) is 0 Å². The molecule has 4 heterocycles. The number of nitrogens with two attached hydrogens (primary N) is 1. The largest absolute Gasteiger partial charge is 0.387 e. The van der Waals surface area contributed by atoms with Gasteiger partial charge in [-0.25, -0.2) is 15.0 Å². The molecule has 0 aromatic carbocycles. The number of nitrogen functional groups attached to an aromatic ring is 1. The van der Waals surface area contributed by atoms with Crippen LogP contribution in [0.25, 0.3) is 11.2 Å². The monoisotopic (exact) mass is 379 g/mol. The number of hydrogen-bond acceptors (Lipinski definition) is 9. The lowest BCUT2D eigenvalue weighted by molar-refractivity contribution is -0.0289. The number of ether oxygens (including phenoxy) is 1. The number of aliphatic hydroxyl groups is 2. The van der Waals surface area contributed by atoms with Crippen molar-refractivity contribution in [1.82, 2.24) is 19.5 Å². The minimum atomic E-state index is -1.07. The van der Waals surface area contributed by atoms with Crippen molar-refractivity contribution in [3.63, 3.8) is 0 Å². The summed E-state index contributed by atoms with van der Waals surface area (Å²) in [5, 5.41) is 22.8. The summed E-state index contributed by atoms with van der Waals surface area (Å²) in [6.07, 6.45) is -0.443. The number of aromatic nitrogens is 4. The number of anilines is 1. The maximum absolute atomic E-state index is 10.4. The molecule has 3 aromatic heterocycles. The van der Waals surface area contributed by atoms with Crippen LogP contribution in [0.5, 0.6) is 0 Å². The van der Waals surface area contributed by atoms with Crippen LogP contribution in [-0.4, -0.2) is 53.8 Å². The van der Waals surface area contributed by atoms with Crippen LogP contribution in [0.3, 0.4) is 0 Å². The first-order valence-electron chi connectivity index (χ1n) is 7.70. The molecule has 0 radical (unpaired) electrons. The van der Waals surface area contributed by atoms with Crippen molar-refractivity contribution >= 4 is 40.1 Å². The number of nitrogens with zero attached hydrogens (tertiary/aromatic N) is 4. The predicted octanol–water partition coefficient (Wildman–Crippen LogP) is 1.02. The molecule has 0 saturated carbocycles. The molecule has 4 rings (SSSR count). The molecule has 4 N–H and O–H groups in total. The van der Waals surface area contributed by atoms with Crippen molar-refractivity contribution in [3.8, 4) is 0 Å². The first-order valence-corrected chi connectivity index (χ1v) is 9.73. The number of imidazole rings is 1. The molecule has 0 bridgehead atoms. The molecular formula is C15H17N5O3S2. The van der Waals surface area contributed by atoms with Gasteiger partial charge in [-0.1, -0.05) is 6.07 Å². The topological polar surface area (TPSA) is 119 Å². The third kappa shape index (κ3) is 3.11. The highest BCUT2D eigenvalue weighted by molar-refractivity contribution is 7.98. The summed E-state index contributed by atoms with van der Waals surface area (Å²) in [6.45, 7) is 0. The average molecular weight is 379 g/mol. The van der Waals surface area contributed by atoms with Crippen LogP contribution in [0, 0.1) is 0 Å². The summed E-state index contributed by atoms with van der Waals surface area (Å²) in [6, 6.07) is 4.09. The van der Waals surface area contributed by atoms with Gasteiger partial charge in [0.05, 0.1) is 12.4 Å². The molecular weight excluding hydrogens is 362 g/mol. The van der Waals surface area contributed by atoms with Gasteiger partial charge in [0.1, 0.15) is 24.1 Å². The fourth-order valence-corrected chi connectivity index (χ4v) is 4.76. The summed E-state index contributed by atoms with van der Waals surface area (Å²) in [4.78, 5) is 13.5. The van der Waals surface area contributed by atoms with E-state index in [1.807, 2.05) is 11.4 Å². The number of aliphatic hydroxyl groups excluding tert-OH is 2. The fourth-order valence-electron chi connectivity index (χ4n) is 2.82. The molecule has 0 unspecified atom stereocenters. The second kappa shape index (κ2) is 6.89. The number of fused-ring (bicyclic) bond motifs is 1. The zero-order valence-corrected chi connectivity index (χ0v) is 14.7. The van der Waals surface area contributed by atoms with Gasteiger partial charge in [-0.3, -0.25) is 4.57 Å². The van der Waals surface area contributed by atoms with E-state index in [1.54, 1.807) is 27.7 Å². The number of hydrogen-bond donors (Lipinski definition) is 3. The van der Waals surface area contributed by atoms with Crippen LogP contribution in [0.15, 0.2) is 30.2 Å². The molecule has 10 heteroatoms. The summed E-state index contributed by atoms with van der Waals surface area (Å²) in [7, 11) is 0. The normalized spacial score (nSPS) is 26.5. The Morgan fingerprint density at radius 1 is 1.28 bits per heavy atom. The Balaban J connectivity index is 1.48. The highest BCUT2D eigenvalue weighted by Crippen LogP contribution is 2.33. The Kier molecular flexibility index (Phi) is 4.61. The van der Waals surface area contributed by atoms with E-state index in [4.69, 9.17) is 10.5 Å². The molecule has 1 aliphatic rings. The number of thiophene rings is 1. The van der Waals surface area contributed by atoms with E-state index >= 15 is 0 Å². The second-order valence-electron chi connectivity index (χ2n) is 5.72. The zero-order valence-electron chi connectivity index (χ0n) is 13.1. The minimum Gasteiger partial charge on any atom is -0.387 e. The minimum absolute atomic E-state index is 0.264. The molecule has 1 fully saturated rings. The van der Waals surface area contributed by atoms with Crippen LogP contribution in [-0.2, 0) is 10.5 Å². The molecule has 0 amide bonds. The van der Waals surface area contributed by atoms with E-state index < -0.39 is 24.5 Å². The van der Waals surface area contributed by atoms with Crippen LogP contribution < -0.4 is 5.73 Å². The lowest BCUT2D eigenvalue weighted by Gasteiger charge is -2.16. The molecule has 1 aliphatic heterocycles. The van der Waals surface area contributed by atoms with E-state index in [0.717, 1.165) is 5.75 Å². The average Bonchev–Trinajstić information content (AvgIpc) is 3.32. The molecule has 25 heavy (non-hydrogen) atoms. The molecule has 4 atom stereocenters. The van der Waals surface area contributed by atoms with E-state index in [2.05, 4.69) is 21.0 Å². The van der Waals surface area contributed by atoms with Crippen molar-refractivity contribution in [1.29, 1.82) is 0 Å². The number of thioether (sulfide) groups is 1. The highest BCUT2D eigenvalue weighted by atomic mass is 32.2. The zero-order chi connectivity index (χ0) is 17.4. The Bertz CT molecular complexity index is 856. The third-order valence-electron chi connectivity index (χ3n) is 4.10. The first-order chi connectivity index (χ1) is 12.1.